The molecule has 2 amide bonds. The fraction of sp³-hybridized carbons (Fsp3) is 0.310. The first-order chi connectivity index (χ1) is 18.0. The zero-order valence-electron chi connectivity index (χ0n) is 22.1. The van der Waals surface area contributed by atoms with Crippen LogP contribution in [0.4, 0.5) is 5.69 Å². The van der Waals surface area contributed by atoms with Gasteiger partial charge < -0.3 is 10.2 Å². The summed E-state index contributed by atoms with van der Waals surface area (Å²) in [6.45, 7) is 5.57. The molecule has 0 aromatic heterocycles. The van der Waals surface area contributed by atoms with E-state index in [0.717, 1.165) is 32.8 Å². The van der Waals surface area contributed by atoms with E-state index in [1.165, 1.54) is 4.90 Å². The number of halogens is 1. The summed E-state index contributed by atoms with van der Waals surface area (Å²) in [6, 6.07) is 21.0. The van der Waals surface area contributed by atoms with Crippen LogP contribution in [0, 0.1) is 13.8 Å². The molecule has 0 radical (unpaired) electrons. The van der Waals surface area contributed by atoms with Gasteiger partial charge >= 0.3 is 0 Å². The van der Waals surface area contributed by atoms with E-state index in [0.29, 0.717) is 17.3 Å². The van der Waals surface area contributed by atoms with Crippen LogP contribution >= 0.6 is 11.6 Å². The summed E-state index contributed by atoms with van der Waals surface area (Å²) in [7, 11) is -3.81. The maximum atomic E-state index is 14.0. The van der Waals surface area contributed by atoms with E-state index in [-0.39, 0.29) is 18.9 Å². The molecule has 0 bridgehead atoms. The van der Waals surface area contributed by atoms with E-state index >= 15 is 0 Å². The minimum Gasteiger partial charge on any atom is -0.355 e. The lowest BCUT2D eigenvalue weighted by atomic mass is 10.0. The molecule has 3 aromatic rings. The molecule has 3 rings (SSSR count). The Kier molecular flexibility index (Phi) is 9.94. The van der Waals surface area contributed by atoms with Gasteiger partial charge in [-0.05, 0) is 67.3 Å². The highest BCUT2D eigenvalue weighted by Gasteiger charge is 2.33. The molecule has 0 saturated carbocycles. The Hall–Kier alpha value is -3.36. The van der Waals surface area contributed by atoms with Gasteiger partial charge in [0, 0.05) is 24.5 Å². The van der Waals surface area contributed by atoms with Gasteiger partial charge in [-0.3, -0.25) is 13.9 Å². The number of sulfonamides is 1. The molecule has 202 valence electrons. The molecular formula is C29H34ClN3O4S. The van der Waals surface area contributed by atoms with Crippen molar-refractivity contribution in [3.63, 3.8) is 0 Å². The van der Waals surface area contributed by atoms with Gasteiger partial charge in [0.15, 0.2) is 0 Å². The number of carbonyl (C=O) groups excluding carboxylic acids is 2. The Bertz CT molecular complexity index is 1360. The number of hydrogen-bond acceptors (Lipinski definition) is 4. The smallest absolute Gasteiger partial charge is 0.244 e. The van der Waals surface area contributed by atoms with Crippen LogP contribution in [0.15, 0.2) is 72.8 Å². The van der Waals surface area contributed by atoms with Crippen molar-refractivity contribution >= 4 is 39.1 Å². The maximum Gasteiger partial charge on any atom is 0.244 e. The van der Waals surface area contributed by atoms with Gasteiger partial charge in [0.05, 0.1) is 11.9 Å². The third-order valence-electron chi connectivity index (χ3n) is 6.04. The highest BCUT2D eigenvalue weighted by molar-refractivity contribution is 7.92. The molecule has 0 spiro atoms. The summed E-state index contributed by atoms with van der Waals surface area (Å²) in [5.41, 5.74) is 3.76. The second kappa shape index (κ2) is 12.9. The number of amides is 2. The minimum atomic E-state index is -3.81. The summed E-state index contributed by atoms with van der Waals surface area (Å²) >= 11 is 6.21. The number of carbonyl (C=O) groups is 2. The SMILES string of the molecule is CCNC(=O)[C@@H](Cc1ccccc1)N(Cc1cccc(Cl)c1)C(=O)CN(c1cc(C)cc(C)c1)S(C)(=O)=O. The molecule has 1 N–H and O–H groups in total. The van der Waals surface area contributed by atoms with E-state index in [9.17, 15) is 18.0 Å². The number of nitrogens with one attached hydrogen (secondary N) is 1. The van der Waals surface area contributed by atoms with Crippen LogP contribution in [0.2, 0.25) is 5.02 Å². The molecule has 3 aromatic carbocycles. The standard InChI is InChI=1S/C29H34ClN3O4S/c1-5-31-29(35)27(18-23-10-7-6-8-11-23)32(19-24-12-9-13-25(30)17-24)28(34)20-33(38(4,36)37)26-15-21(2)14-22(3)16-26/h6-17,27H,5,18-20H2,1-4H3,(H,31,35)/t27-/m1/s1. The van der Waals surface area contributed by atoms with Crippen LogP contribution < -0.4 is 9.62 Å². The Morgan fingerprint density at radius 1 is 0.921 bits per heavy atom. The highest BCUT2D eigenvalue weighted by Crippen LogP contribution is 2.23. The molecule has 0 heterocycles. The number of hydrogen-bond donors (Lipinski definition) is 1. The second-order valence-corrected chi connectivity index (χ2v) is 11.7. The van der Waals surface area contributed by atoms with Crippen molar-refractivity contribution in [1.82, 2.24) is 10.2 Å². The summed E-state index contributed by atoms with van der Waals surface area (Å²) in [4.78, 5) is 28.8. The molecule has 9 heteroatoms. The van der Waals surface area contributed by atoms with Gasteiger partial charge in [-0.2, -0.15) is 0 Å². The van der Waals surface area contributed by atoms with Crippen LogP contribution in [-0.4, -0.2) is 50.5 Å². The van der Waals surface area contributed by atoms with Crippen molar-refractivity contribution in [3.05, 3.63) is 100 Å². The first-order valence-corrected chi connectivity index (χ1v) is 14.6. The number of nitrogens with zero attached hydrogens (tertiary/aromatic N) is 2. The Balaban J connectivity index is 2.06. The largest absolute Gasteiger partial charge is 0.355 e. The number of likely N-dealkylation sites (N-methyl/N-ethyl adjacent to an activating group) is 1. The Labute approximate surface area is 230 Å². The van der Waals surface area contributed by atoms with Crippen molar-refractivity contribution in [3.8, 4) is 0 Å². The molecule has 0 fully saturated rings. The fourth-order valence-corrected chi connectivity index (χ4v) is 5.43. The molecular weight excluding hydrogens is 522 g/mol. The van der Waals surface area contributed by atoms with Gasteiger partial charge in [-0.15, -0.1) is 0 Å². The van der Waals surface area contributed by atoms with Crippen molar-refractivity contribution in [2.75, 3.05) is 23.7 Å². The second-order valence-electron chi connectivity index (χ2n) is 9.37. The highest BCUT2D eigenvalue weighted by atomic mass is 35.5. The number of aryl methyl sites for hydroxylation is 2. The lowest BCUT2D eigenvalue weighted by Gasteiger charge is -2.33. The monoisotopic (exact) mass is 555 g/mol. The molecule has 0 aliphatic heterocycles. The third-order valence-corrected chi connectivity index (χ3v) is 7.41. The van der Waals surface area contributed by atoms with Crippen molar-refractivity contribution in [2.45, 2.75) is 39.8 Å². The molecule has 0 unspecified atom stereocenters. The first kappa shape index (κ1) is 29.2. The molecule has 38 heavy (non-hydrogen) atoms. The van der Waals surface area contributed by atoms with Gasteiger partial charge in [-0.1, -0.05) is 60.1 Å². The molecule has 0 saturated heterocycles. The fourth-order valence-electron chi connectivity index (χ4n) is 4.39. The van der Waals surface area contributed by atoms with E-state index in [2.05, 4.69) is 5.32 Å². The summed E-state index contributed by atoms with van der Waals surface area (Å²) < 4.78 is 26.8. The lowest BCUT2D eigenvalue weighted by Crippen LogP contribution is -2.53. The lowest BCUT2D eigenvalue weighted by molar-refractivity contribution is -0.140. The normalized spacial score (nSPS) is 12.0. The first-order valence-electron chi connectivity index (χ1n) is 12.4. The van der Waals surface area contributed by atoms with E-state index in [1.54, 1.807) is 30.3 Å². The van der Waals surface area contributed by atoms with Crippen molar-refractivity contribution in [2.24, 2.45) is 0 Å². The van der Waals surface area contributed by atoms with Crippen molar-refractivity contribution < 1.29 is 18.0 Å². The Morgan fingerprint density at radius 2 is 1.55 bits per heavy atom. The van der Waals surface area contributed by atoms with E-state index in [4.69, 9.17) is 11.6 Å². The number of rotatable bonds is 11. The third kappa shape index (κ3) is 8.07. The average Bonchev–Trinajstić information content (AvgIpc) is 2.84. The topological polar surface area (TPSA) is 86.8 Å². The van der Waals surface area contributed by atoms with Crippen LogP contribution in [0.1, 0.15) is 29.2 Å². The number of anilines is 1. The van der Waals surface area contributed by atoms with Gasteiger partial charge in [0.25, 0.3) is 0 Å². The van der Waals surface area contributed by atoms with Crippen LogP contribution in [0.25, 0.3) is 0 Å². The van der Waals surface area contributed by atoms with Crippen LogP contribution in [0.3, 0.4) is 0 Å². The predicted octanol–water partition coefficient (Wildman–Crippen LogP) is 4.50. The summed E-state index contributed by atoms with van der Waals surface area (Å²) in [5, 5.41) is 3.34. The minimum absolute atomic E-state index is 0.0818. The zero-order chi connectivity index (χ0) is 27.9. The van der Waals surface area contributed by atoms with Crippen molar-refractivity contribution in [1.29, 1.82) is 0 Å². The zero-order valence-corrected chi connectivity index (χ0v) is 23.7. The Morgan fingerprint density at radius 3 is 2.13 bits per heavy atom. The van der Waals surface area contributed by atoms with E-state index in [1.807, 2.05) is 63.2 Å². The van der Waals surface area contributed by atoms with Gasteiger partial charge in [-0.25, -0.2) is 8.42 Å². The molecule has 0 aliphatic rings. The van der Waals surface area contributed by atoms with Gasteiger partial charge in [0.1, 0.15) is 12.6 Å². The number of benzene rings is 3. The molecule has 1 atom stereocenters. The van der Waals surface area contributed by atoms with Crippen LogP contribution in [-0.2, 0) is 32.6 Å². The molecule has 0 aliphatic carbocycles. The summed E-state index contributed by atoms with van der Waals surface area (Å²) in [6.07, 6.45) is 1.34. The quantitative estimate of drug-likeness (QED) is 0.377. The maximum absolute atomic E-state index is 14.0. The predicted molar refractivity (Wildman–Crippen MR) is 153 cm³/mol. The molecule has 7 nitrogen and oxygen atoms in total. The average molecular weight is 556 g/mol. The van der Waals surface area contributed by atoms with Gasteiger partial charge in [0.2, 0.25) is 21.8 Å². The van der Waals surface area contributed by atoms with E-state index < -0.39 is 28.5 Å². The summed E-state index contributed by atoms with van der Waals surface area (Å²) in [5.74, 6) is -0.814. The van der Waals surface area contributed by atoms with Crippen LogP contribution in [0.5, 0.6) is 0 Å².